The Morgan fingerprint density at radius 1 is 1.15 bits per heavy atom. The molecule has 0 radical (unpaired) electrons. The van der Waals surface area contributed by atoms with Gasteiger partial charge in [0.2, 0.25) is 5.91 Å². The normalized spacial score (nSPS) is 21.6. The van der Waals surface area contributed by atoms with Crippen molar-refractivity contribution in [1.82, 2.24) is 4.90 Å². The zero-order valence-corrected chi connectivity index (χ0v) is 14.9. The summed E-state index contributed by atoms with van der Waals surface area (Å²) in [5.41, 5.74) is 1.84. The smallest absolute Gasteiger partial charge is 0.268 e. The first kappa shape index (κ1) is 17.0. The van der Waals surface area contributed by atoms with Crippen LogP contribution in [0.4, 0.5) is 14.5 Å². The molecule has 0 bridgehead atoms. The molecule has 0 aromatic heterocycles. The maximum Gasteiger partial charge on any atom is 0.268 e. The molecule has 1 fully saturated rings. The van der Waals surface area contributed by atoms with Crippen molar-refractivity contribution in [1.29, 1.82) is 0 Å². The van der Waals surface area contributed by atoms with Crippen LogP contribution in [0.15, 0.2) is 42.5 Å². The van der Waals surface area contributed by atoms with Crippen LogP contribution in [0.5, 0.6) is 0 Å². The Bertz CT molecular complexity index is 903. The van der Waals surface area contributed by atoms with Crippen LogP contribution in [-0.2, 0) is 21.0 Å². The first-order valence-corrected chi connectivity index (χ1v) is 9.20. The summed E-state index contributed by atoms with van der Waals surface area (Å²) in [6, 6.07) is 10.1. The fourth-order valence-electron chi connectivity index (χ4n) is 3.65. The number of amides is 2. The summed E-state index contributed by atoms with van der Waals surface area (Å²) in [7, 11) is 0. The van der Waals surface area contributed by atoms with Gasteiger partial charge in [-0.15, -0.1) is 11.8 Å². The van der Waals surface area contributed by atoms with Gasteiger partial charge in [0.15, 0.2) is 4.87 Å². The number of benzene rings is 2. The van der Waals surface area contributed by atoms with E-state index in [1.807, 2.05) is 0 Å². The van der Waals surface area contributed by atoms with Crippen LogP contribution < -0.4 is 4.90 Å². The van der Waals surface area contributed by atoms with Crippen molar-refractivity contribution in [2.75, 3.05) is 17.2 Å². The highest BCUT2D eigenvalue weighted by Crippen LogP contribution is 2.54. The lowest BCUT2D eigenvalue weighted by Gasteiger charge is -2.32. The maximum absolute atomic E-state index is 14.0. The van der Waals surface area contributed by atoms with Gasteiger partial charge in [0.05, 0.1) is 12.2 Å². The third kappa shape index (κ3) is 2.41. The number of carbonyl (C=O) groups excluding carboxylic acids is 2. The number of hydrogen-bond acceptors (Lipinski definition) is 3. The predicted octanol–water partition coefficient (Wildman–Crippen LogP) is 3.26. The monoisotopic (exact) mass is 374 g/mol. The second-order valence-electron chi connectivity index (χ2n) is 6.34. The lowest BCUT2D eigenvalue weighted by molar-refractivity contribution is -0.138. The van der Waals surface area contributed by atoms with Gasteiger partial charge >= 0.3 is 0 Å². The van der Waals surface area contributed by atoms with Crippen LogP contribution >= 0.6 is 11.8 Å². The van der Waals surface area contributed by atoms with Gasteiger partial charge in [0.1, 0.15) is 11.6 Å². The zero-order valence-electron chi connectivity index (χ0n) is 14.0. The van der Waals surface area contributed by atoms with E-state index < -0.39 is 10.7 Å². The van der Waals surface area contributed by atoms with Gasteiger partial charge in [-0.05, 0) is 35.9 Å². The molecule has 2 aromatic carbocycles. The van der Waals surface area contributed by atoms with Gasteiger partial charge in [0, 0.05) is 24.8 Å². The molecule has 1 atom stereocenters. The molecule has 2 heterocycles. The minimum Gasteiger partial charge on any atom is -0.315 e. The summed E-state index contributed by atoms with van der Waals surface area (Å²) in [4.78, 5) is 27.4. The van der Waals surface area contributed by atoms with Gasteiger partial charge in [-0.3, -0.25) is 9.59 Å². The molecular weight excluding hydrogens is 358 g/mol. The molecule has 1 saturated heterocycles. The lowest BCUT2D eigenvalue weighted by Crippen LogP contribution is -2.49. The van der Waals surface area contributed by atoms with Crippen LogP contribution in [0.3, 0.4) is 0 Å². The number of fused-ring (bicyclic) bond motifs is 2. The Morgan fingerprint density at radius 2 is 1.85 bits per heavy atom. The number of carbonyl (C=O) groups is 2. The Hall–Kier alpha value is -2.41. The molecule has 4 rings (SSSR count). The first-order valence-electron chi connectivity index (χ1n) is 8.22. The Morgan fingerprint density at radius 3 is 2.54 bits per heavy atom. The Labute approximate surface area is 153 Å². The van der Waals surface area contributed by atoms with E-state index in [1.165, 1.54) is 47.9 Å². The molecular formula is C19H16F2N2O2S. The van der Waals surface area contributed by atoms with Gasteiger partial charge in [-0.2, -0.15) is 0 Å². The van der Waals surface area contributed by atoms with Crippen molar-refractivity contribution in [3.8, 4) is 0 Å². The van der Waals surface area contributed by atoms with E-state index in [0.29, 0.717) is 23.5 Å². The summed E-state index contributed by atoms with van der Waals surface area (Å²) in [6.07, 6.45) is 0. The highest BCUT2D eigenvalue weighted by atomic mass is 32.2. The summed E-state index contributed by atoms with van der Waals surface area (Å²) in [5, 5.41) is 0. The van der Waals surface area contributed by atoms with Crippen molar-refractivity contribution >= 4 is 29.3 Å². The maximum atomic E-state index is 14.0. The average molecular weight is 374 g/mol. The largest absolute Gasteiger partial charge is 0.315 e. The second-order valence-corrected chi connectivity index (χ2v) is 7.63. The molecule has 4 nitrogen and oxygen atoms in total. The van der Waals surface area contributed by atoms with Gasteiger partial charge in [-0.25, -0.2) is 8.78 Å². The number of anilines is 1. The van der Waals surface area contributed by atoms with Crippen LogP contribution in [0.25, 0.3) is 0 Å². The Kier molecular flexibility index (Phi) is 3.99. The molecule has 2 aliphatic heterocycles. The van der Waals surface area contributed by atoms with Crippen molar-refractivity contribution in [3.63, 3.8) is 0 Å². The fourth-order valence-corrected chi connectivity index (χ4v) is 5.15. The van der Waals surface area contributed by atoms with Crippen LogP contribution in [-0.4, -0.2) is 29.0 Å². The SMILES string of the molecule is CC(=O)N1CCS[C@]12C(=O)N(Cc1ccc(F)cc1)c1ccc(F)cc12. The van der Waals surface area contributed by atoms with Crippen LogP contribution in [0.1, 0.15) is 18.1 Å². The minimum atomic E-state index is -1.22. The molecule has 2 aromatic rings. The number of thioether (sulfide) groups is 1. The number of nitrogens with zero attached hydrogens (tertiary/aromatic N) is 2. The van der Waals surface area contributed by atoms with Gasteiger partial charge in [0.25, 0.3) is 5.91 Å². The van der Waals surface area contributed by atoms with Gasteiger partial charge < -0.3 is 9.80 Å². The van der Waals surface area contributed by atoms with E-state index in [2.05, 4.69) is 0 Å². The number of halogens is 2. The Balaban J connectivity index is 1.82. The number of rotatable bonds is 2. The van der Waals surface area contributed by atoms with Crippen molar-refractivity contribution in [2.24, 2.45) is 0 Å². The van der Waals surface area contributed by atoms with E-state index in [4.69, 9.17) is 0 Å². The third-order valence-corrected chi connectivity index (χ3v) is 6.21. The molecule has 1 spiro atoms. The molecule has 134 valence electrons. The van der Waals surface area contributed by atoms with E-state index in [1.54, 1.807) is 23.1 Å². The fraction of sp³-hybridized carbons (Fsp3) is 0.263. The van der Waals surface area contributed by atoms with E-state index >= 15 is 0 Å². The van der Waals surface area contributed by atoms with Crippen molar-refractivity contribution in [2.45, 2.75) is 18.3 Å². The predicted molar refractivity (Wildman–Crippen MR) is 95.5 cm³/mol. The van der Waals surface area contributed by atoms with Crippen molar-refractivity contribution < 1.29 is 18.4 Å². The number of hydrogen-bond donors (Lipinski definition) is 0. The molecule has 0 N–H and O–H groups in total. The molecule has 2 amide bonds. The third-order valence-electron chi connectivity index (χ3n) is 4.79. The summed E-state index contributed by atoms with van der Waals surface area (Å²) < 4.78 is 27.1. The lowest BCUT2D eigenvalue weighted by atomic mass is 10.1. The molecule has 0 saturated carbocycles. The van der Waals surface area contributed by atoms with E-state index in [-0.39, 0.29) is 24.2 Å². The summed E-state index contributed by atoms with van der Waals surface area (Å²) in [6.45, 7) is 2.08. The van der Waals surface area contributed by atoms with Crippen LogP contribution in [0.2, 0.25) is 0 Å². The molecule has 26 heavy (non-hydrogen) atoms. The highest BCUT2D eigenvalue weighted by molar-refractivity contribution is 8.01. The average Bonchev–Trinajstić information content (AvgIpc) is 3.15. The van der Waals surface area contributed by atoms with E-state index in [0.717, 1.165) is 5.56 Å². The zero-order chi connectivity index (χ0) is 18.5. The standard InChI is InChI=1S/C19H16F2N2O2S/c1-12(24)23-8-9-26-19(23)16-10-15(21)6-7-17(16)22(18(19)25)11-13-2-4-14(20)5-3-13/h2-7,10H,8-9,11H2,1H3/t19-/m1/s1. The summed E-state index contributed by atoms with van der Waals surface area (Å²) >= 11 is 1.35. The topological polar surface area (TPSA) is 40.6 Å². The minimum absolute atomic E-state index is 0.220. The van der Waals surface area contributed by atoms with E-state index in [9.17, 15) is 18.4 Å². The highest BCUT2D eigenvalue weighted by Gasteiger charge is 2.58. The molecule has 2 aliphatic rings. The van der Waals surface area contributed by atoms with Crippen molar-refractivity contribution in [3.05, 3.63) is 65.2 Å². The molecule has 0 unspecified atom stereocenters. The first-order chi connectivity index (χ1) is 12.4. The molecule has 7 heteroatoms. The quantitative estimate of drug-likeness (QED) is 0.810. The molecule has 0 aliphatic carbocycles. The summed E-state index contributed by atoms with van der Waals surface area (Å²) in [5.74, 6) is -0.682. The van der Waals surface area contributed by atoms with Gasteiger partial charge in [-0.1, -0.05) is 12.1 Å². The van der Waals surface area contributed by atoms with Crippen LogP contribution in [0, 0.1) is 11.6 Å². The second kappa shape index (κ2) is 6.09.